The minimum atomic E-state index is -0.396. The predicted octanol–water partition coefficient (Wildman–Crippen LogP) is 2.28. The number of furan rings is 1. The Morgan fingerprint density at radius 1 is 1.20 bits per heavy atom. The van der Waals surface area contributed by atoms with Crippen LogP contribution in [0, 0.1) is 0 Å². The monoisotopic (exact) mass is 271 g/mol. The molecule has 102 valence electrons. The predicted molar refractivity (Wildman–Crippen MR) is 70.7 cm³/mol. The van der Waals surface area contributed by atoms with Crippen molar-refractivity contribution in [3.63, 3.8) is 0 Å². The van der Waals surface area contributed by atoms with Crippen LogP contribution in [0.15, 0.2) is 51.8 Å². The topological polar surface area (TPSA) is 98.3 Å². The number of hydrogen-bond acceptors (Lipinski definition) is 6. The van der Waals surface area contributed by atoms with E-state index in [1.54, 1.807) is 30.7 Å². The molecule has 0 bridgehead atoms. The van der Waals surface area contributed by atoms with Crippen molar-refractivity contribution in [2.45, 2.75) is 12.5 Å². The molecule has 3 aromatic rings. The van der Waals surface area contributed by atoms with Gasteiger partial charge in [0.15, 0.2) is 0 Å². The number of phenolic OH excluding ortho intramolecular Hbond substituents is 1. The highest BCUT2D eigenvalue weighted by molar-refractivity contribution is 5.51. The smallest absolute Gasteiger partial charge is 0.244 e. The quantitative estimate of drug-likeness (QED) is 0.755. The van der Waals surface area contributed by atoms with E-state index in [-0.39, 0.29) is 5.75 Å². The van der Waals surface area contributed by atoms with Gasteiger partial charge in [-0.3, -0.25) is 0 Å². The summed E-state index contributed by atoms with van der Waals surface area (Å²) in [4.78, 5) is 4.25. The van der Waals surface area contributed by atoms with Gasteiger partial charge in [0.25, 0.3) is 0 Å². The minimum absolute atomic E-state index is 0.224. The molecule has 1 aromatic carbocycles. The van der Waals surface area contributed by atoms with E-state index < -0.39 is 6.04 Å². The Morgan fingerprint density at radius 3 is 2.70 bits per heavy atom. The molecule has 0 aliphatic heterocycles. The summed E-state index contributed by atoms with van der Waals surface area (Å²) < 4.78 is 10.1. The number of rotatable bonds is 4. The van der Waals surface area contributed by atoms with Crippen molar-refractivity contribution in [3.8, 4) is 17.1 Å². The van der Waals surface area contributed by atoms with E-state index in [1.807, 2.05) is 12.1 Å². The minimum Gasteiger partial charge on any atom is -0.508 e. The Labute approximate surface area is 114 Å². The molecular formula is C14H13N3O3. The van der Waals surface area contributed by atoms with E-state index in [2.05, 4.69) is 10.1 Å². The zero-order valence-electron chi connectivity index (χ0n) is 10.6. The Kier molecular flexibility index (Phi) is 3.22. The number of benzene rings is 1. The van der Waals surface area contributed by atoms with Crippen molar-refractivity contribution < 1.29 is 14.0 Å². The lowest BCUT2D eigenvalue weighted by atomic mass is 10.1. The van der Waals surface area contributed by atoms with Crippen molar-refractivity contribution in [2.24, 2.45) is 5.73 Å². The van der Waals surface area contributed by atoms with E-state index in [4.69, 9.17) is 14.7 Å². The first-order valence-electron chi connectivity index (χ1n) is 6.12. The fourth-order valence-electron chi connectivity index (χ4n) is 1.87. The van der Waals surface area contributed by atoms with Crippen LogP contribution < -0.4 is 5.73 Å². The third-order valence-corrected chi connectivity index (χ3v) is 2.93. The molecule has 0 aliphatic rings. The van der Waals surface area contributed by atoms with Gasteiger partial charge in [-0.1, -0.05) is 17.3 Å². The second-order valence-corrected chi connectivity index (χ2v) is 4.45. The molecule has 1 atom stereocenters. The molecule has 0 radical (unpaired) electrons. The van der Waals surface area contributed by atoms with Crippen molar-refractivity contribution in [2.75, 3.05) is 0 Å². The second-order valence-electron chi connectivity index (χ2n) is 4.45. The number of hydrogen-bond donors (Lipinski definition) is 2. The van der Waals surface area contributed by atoms with Gasteiger partial charge in [0.05, 0.1) is 17.9 Å². The molecule has 3 rings (SSSR count). The maximum Gasteiger partial charge on any atom is 0.244 e. The normalized spacial score (nSPS) is 12.4. The van der Waals surface area contributed by atoms with Gasteiger partial charge in [-0.15, -0.1) is 0 Å². The van der Waals surface area contributed by atoms with Crippen molar-refractivity contribution >= 4 is 0 Å². The summed E-state index contributed by atoms with van der Waals surface area (Å²) in [5.74, 6) is 1.05. The van der Waals surface area contributed by atoms with Crippen LogP contribution in [0.1, 0.15) is 17.5 Å². The molecule has 6 nitrogen and oxygen atoms in total. The highest BCUT2D eigenvalue weighted by Gasteiger charge is 2.16. The maximum atomic E-state index is 9.24. The first kappa shape index (κ1) is 12.4. The molecule has 0 saturated heterocycles. The van der Waals surface area contributed by atoms with Crippen LogP contribution in [0.25, 0.3) is 11.4 Å². The molecule has 0 aliphatic carbocycles. The third-order valence-electron chi connectivity index (χ3n) is 2.93. The van der Waals surface area contributed by atoms with Crippen LogP contribution in [0.2, 0.25) is 0 Å². The summed E-state index contributed by atoms with van der Waals surface area (Å²) in [5, 5.41) is 13.1. The van der Waals surface area contributed by atoms with Gasteiger partial charge in [-0.05, 0) is 30.2 Å². The molecule has 0 amide bonds. The SMILES string of the molecule is NC(Cc1ccc(O)cc1)c1nc(-c2ccoc2)no1. The van der Waals surface area contributed by atoms with E-state index in [0.717, 1.165) is 11.1 Å². The Bertz CT molecular complexity index is 674. The molecule has 3 N–H and O–H groups in total. The highest BCUT2D eigenvalue weighted by atomic mass is 16.5. The summed E-state index contributed by atoms with van der Waals surface area (Å²) in [5.41, 5.74) is 7.78. The van der Waals surface area contributed by atoms with Crippen LogP contribution >= 0.6 is 0 Å². The summed E-state index contributed by atoms with van der Waals surface area (Å²) in [6.07, 6.45) is 3.63. The first-order chi connectivity index (χ1) is 9.72. The van der Waals surface area contributed by atoms with Gasteiger partial charge in [0, 0.05) is 0 Å². The molecular weight excluding hydrogens is 258 g/mol. The van der Waals surface area contributed by atoms with Crippen LogP contribution in [0.3, 0.4) is 0 Å². The largest absolute Gasteiger partial charge is 0.508 e. The standard InChI is InChI=1S/C14H13N3O3/c15-12(7-9-1-3-11(18)4-2-9)14-16-13(17-20-14)10-5-6-19-8-10/h1-6,8,12,18H,7,15H2. The fraction of sp³-hybridized carbons (Fsp3) is 0.143. The summed E-state index contributed by atoms with van der Waals surface area (Å²) in [6, 6.07) is 8.21. The first-order valence-corrected chi connectivity index (χ1v) is 6.12. The number of phenols is 1. The fourth-order valence-corrected chi connectivity index (χ4v) is 1.87. The average Bonchev–Trinajstić information content (AvgIpc) is 3.11. The van der Waals surface area contributed by atoms with E-state index in [1.165, 1.54) is 0 Å². The van der Waals surface area contributed by atoms with Gasteiger partial charge >= 0.3 is 0 Å². The molecule has 0 spiro atoms. The molecule has 0 fully saturated rings. The van der Waals surface area contributed by atoms with Crippen molar-refractivity contribution in [1.82, 2.24) is 10.1 Å². The molecule has 2 aromatic heterocycles. The summed E-state index contributed by atoms with van der Waals surface area (Å²) in [7, 11) is 0. The molecule has 6 heteroatoms. The highest BCUT2D eigenvalue weighted by Crippen LogP contribution is 2.20. The Balaban J connectivity index is 1.74. The Morgan fingerprint density at radius 2 is 2.00 bits per heavy atom. The van der Waals surface area contributed by atoms with Crippen LogP contribution in [0.4, 0.5) is 0 Å². The van der Waals surface area contributed by atoms with E-state index in [0.29, 0.717) is 18.1 Å². The lowest BCUT2D eigenvalue weighted by Gasteiger charge is -2.06. The number of aromatic hydroxyl groups is 1. The van der Waals surface area contributed by atoms with Crippen LogP contribution in [-0.4, -0.2) is 15.2 Å². The third kappa shape index (κ3) is 2.55. The number of aromatic nitrogens is 2. The van der Waals surface area contributed by atoms with Crippen LogP contribution in [-0.2, 0) is 6.42 Å². The maximum absolute atomic E-state index is 9.24. The van der Waals surface area contributed by atoms with Crippen LogP contribution in [0.5, 0.6) is 5.75 Å². The van der Waals surface area contributed by atoms with E-state index >= 15 is 0 Å². The molecule has 2 heterocycles. The van der Waals surface area contributed by atoms with E-state index in [9.17, 15) is 5.11 Å². The lowest BCUT2D eigenvalue weighted by molar-refractivity contribution is 0.354. The zero-order chi connectivity index (χ0) is 13.9. The van der Waals surface area contributed by atoms with Gasteiger partial charge in [-0.2, -0.15) is 4.98 Å². The number of nitrogens with two attached hydrogens (primary N) is 1. The average molecular weight is 271 g/mol. The summed E-state index contributed by atoms with van der Waals surface area (Å²) >= 11 is 0. The van der Waals surface area contributed by atoms with Crippen molar-refractivity contribution in [3.05, 3.63) is 54.3 Å². The van der Waals surface area contributed by atoms with Crippen molar-refractivity contribution in [1.29, 1.82) is 0 Å². The molecule has 0 saturated carbocycles. The second kappa shape index (κ2) is 5.18. The molecule has 1 unspecified atom stereocenters. The van der Waals surface area contributed by atoms with Gasteiger partial charge in [-0.25, -0.2) is 0 Å². The van der Waals surface area contributed by atoms with Gasteiger partial charge in [0.2, 0.25) is 11.7 Å². The molecule has 20 heavy (non-hydrogen) atoms. The zero-order valence-corrected chi connectivity index (χ0v) is 10.6. The summed E-state index contributed by atoms with van der Waals surface area (Å²) in [6.45, 7) is 0. The number of nitrogens with zero attached hydrogens (tertiary/aromatic N) is 2. The van der Waals surface area contributed by atoms with Gasteiger partial charge in [0.1, 0.15) is 12.0 Å². The Hall–Kier alpha value is -2.60. The lowest BCUT2D eigenvalue weighted by Crippen LogP contribution is -2.13. The van der Waals surface area contributed by atoms with Gasteiger partial charge < -0.3 is 19.8 Å².